The summed E-state index contributed by atoms with van der Waals surface area (Å²) in [4.78, 5) is 4.75. The molecule has 0 atom stereocenters. The fraction of sp³-hybridized carbons (Fsp3) is 0.250. The predicted molar refractivity (Wildman–Crippen MR) is 66.5 cm³/mol. The topological polar surface area (TPSA) is 29.9 Å². The zero-order valence-electron chi connectivity index (χ0n) is 9.77. The lowest BCUT2D eigenvalue weighted by Crippen LogP contribution is -2.05. The molecule has 1 N–H and O–H groups in total. The molecule has 0 aliphatic heterocycles. The van der Waals surface area contributed by atoms with Crippen LogP contribution in [0.5, 0.6) is 0 Å². The Morgan fingerprint density at radius 2 is 2.29 bits per heavy atom. The number of halogens is 1. The number of aromatic nitrogens is 2. The Labute approximate surface area is 104 Å². The third-order valence-electron chi connectivity index (χ3n) is 2.36. The van der Waals surface area contributed by atoms with E-state index in [4.69, 9.17) is 0 Å². The van der Waals surface area contributed by atoms with Gasteiger partial charge in [0, 0.05) is 26.0 Å². The van der Waals surface area contributed by atoms with Crippen molar-refractivity contribution in [1.82, 2.24) is 14.9 Å². The van der Waals surface area contributed by atoms with Crippen LogP contribution >= 0.6 is 11.8 Å². The Morgan fingerprint density at radius 3 is 2.88 bits per heavy atom. The molecule has 1 heterocycles. The number of imidazole rings is 1. The van der Waals surface area contributed by atoms with E-state index in [1.54, 1.807) is 18.3 Å². The van der Waals surface area contributed by atoms with Crippen LogP contribution in [0.15, 0.2) is 40.6 Å². The summed E-state index contributed by atoms with van der Waals surface area (Å²) < 4.78 is 15.7. The Balaban J connectivity index is 2.19. The van der Waals surface area contributed by atoms with Gasteiger partial charge in [0.1, 0.15) is 5.82 Å². The molecule has 0 fully saturated rings. The number of benzene rings is 1. The molecular formula is C12H14FN3S. The molecule has 0 spiro atoms. The van der Waals surface area contributed by atoms with E-state index in [2.05, 4.69) is 10.3 Å². The average Bonchev–Trinajstić information content (AvgIpc) is 2.69. The molecule has 2 rings (SSSR count). The predicted octanol–water partition coefficient (Wildman–Crippen LogP) is 2.43. The Hall–Kier alpha value is -1.33. The molecule has 2 aromatic rings. The fourth-order valence-electron chi connectivity index (χ4n) is 1.49. The van der Waals surface area contributed by atoms with Gasteiger partial charge in [-0.1, -0.05) is 6.07 Å². The molecule has 0 saturated carbocycles. The van der Waals surface area contributed by atoms with Crippen LogP contribution in [0, 0.1) is 5.82 Å². The maximum absolute atomic E-state index is 13.8. The van der Waals surface area contributed by atoms with Crippen LogP contribution in [0.4, 0.5) is 4.39 Å². The first kappa shape index (κ1) is 12.1. The lowest BCUT2D eigenvalue weighted by molar-refractivity contribution is 0.597. The summed E-state index contributed by atoms with van der Waals surface area (Å²) in [5, 5.41) is 3.78. The quantitative estimate of drug-likeness (QED) is 0.905. The average molecular weight is 251 g/mol. The number of nitrogens with one attached hydrogen (secondary N) is 1. The summed E-state index contributed by atoms with van der Waals surface area (Å²) in [6.45, 7) is 0.671. The molecule has 3 nitrogen and oxygen atoms in total. The molecule has 1 aromatic heterocycles. The van der Waals surface area contributed by atoms with Crippen molar-refractivity contribution in [3.05, 3.63) is 42.0 Å². The minimum atomic E-state index is -0.203. The molecule has 0 amide bonds. The SMILES string of the molecule is CNCc1ccc(Sc2nccn2C)c(F)c1. The smallest absolute Gasteiger partial charge is 0.172 e. The van der Waals surface area contributed by atoms with Gasteiger partial charge in [-0.15, -0.1) is 0 Å². The number of nitrogens with zero attached hydrogens (tertiary/aromatic N) is 2. The van der Waals surface area contributed by atoms with Crippen LogP contribution in [0.2, 0.25) is 0 Å². The molecule has 5 heteroatoms. The van der Waals surface area contributed by atoms with E-state index in [0.717, 1.165) is 10.7 Å². The summed E-state index contributed by atoms with van der Waals surface area (Å²) in [6, 6.07) is 5.27. The molecule has 0 aliphatic rings. The van der Waals surface area contributed by atoms with Crippen molar-refractivity contribution in [2.45, 2.75) is 16.6 Å². The molecule has 0 bridgehead atoms. The molecule has 17 heavy (non-hydrogen) atoms. The number of hydrogen-bond acceptors (Lipinski definition) is 3. The first-order chi connectivity index (χ1) is 8.20. The molecule has 1 aromatic carbocycles. The van der Waals surface area contributed by atoms with Gasteiger partial charge in [-0.25, -0.2) is 9.37 Å². The highest BCUT2D eigenvalue weighted by Gasteiger charge is 2.08. The van der Waals surface area contributed by atoms with E-state index >= 15 is 0 Å². The zero-order chi connectivity index (χ0) is 12.3. The highest BCUT2D eigenvalue weighted by atomic mass is 32.2. The summed E-state index contributed by atoms with van der Waals surface area (Å²) in [5.41, 5.74) is 0.939. The first-order valence-electron chi connectivity index (χ1n) is 5.29. The number of hydrogen-bond donors (Lipinski definition) is 1. The van der Waals surface area contributed by atoms with Crippen molar-refractivity contribution < 1.29 is 4.39 Å². The first-order valence-corrected chi connectivity index (χ1v) is 6.10. The summed E-state index contributed by atoms with van der Waals surface area (Å²) in [6.07, 6.45) is 3.55. The lowest BCUT2D eigenvalue weighted by atomic mass is 10.2. The van der Waals surface area contributed by atoms with E-state index in [1.165, 1.54) is 11.8 Å². The second-order valence-corrected chi connectivity index (χ2v) is 4.73. The molecule has 0 aliphatic carbocycles. The molecule has 0 radical (unpaired) electrons. The normalized spacial score (nSPS) is 10.8. The maximum Gasteiger partial charge on any atom is 0.172 e. The number of aryl methyl sites for hydroxylation is 1. The maximum atomic E-state index is 13.8. The van der Waals surface area contributed by atoms with Gasteiger partial charge in [0.05, 0.1) is 4.90 Å². The minimum absolute atomic E-state index is 0.203. The van der Waals surface area contributed by atoms with Crippen LogP contribution < -0.4 is 5.32 Å². The van der Waals surface area contributed by atoms with Gasteiger partial charge in [0.15, 0.2) is 5.16 Å². The Bertz CT molecular complexity index is 510. The van der Waals surface area contributed by atoms with E-state index < -0.39 is 0 Å². The van der Waals surface area contributed by atoms with Crippen molar-refractivity contribution in [2.75, 3.05) is 7.05 Å². The minimum Gasteiger partial charge on any atom is -0.329 e. The third-order valence-corrected chi connectivity index (χ3v) is 3.48. The third kappa shape index (κ3) is 2.87. The standard InChI is InChI=1S/C12H14FN3S/c1-14-8-9-3-4-11(10(13)7-9)17-12-15-5-6-16(12)2/h3-7,14H,8H2,1-2H3. The van der Waals surface area contributed by atoms with Gasteiger partial charge >= 0.3 is 0 Å². The molecular weight excluding hydrogens is 237 g/mol. The highest BCUT2D eigenvalue weighted by Crippen LogP contribution is 2.28. The summed E-state index contributed by atoms with van der Waals surface area (Å²) in [7, 11) is 3.73. The molecule has 0 saturated heterocycles. The van der Waals surface area contributed by atoms with E-state index in [9.17, 15) is 4.39 Å². The lowest BCUT2D eigenvalue weighted by Gasteiger charge is -2.05. The van der Waals surface area contributed by atoms with Crippen molar-refractivity contribution >= 4 is 11.8 Å². The molecule has 0 unspecified atom stereocenters. The van der Waals surface area contributed by atoms with Gasteiger partial charge in [-0.2, -0.15) is 0 Å². The van der Waals surface area contributed by atoms with Crippen molar-refractivity contribution in [3.63, 3.8) is 0 Å². The van der Waals surface area contributed by atoms with Crippen LogP contribution in [0.1, 0.15) is 5.56 Å². The zero-order valence-corrected chi connectivity index (χ0v) is 10.6. The van der Waals surface area contributed by atoms with Gasteiger partial charge in [-0.05, 0) is 36.5 Å². The largest absolute Gasteiger partial charge is 0.329 e. The van der Waals surface area contributed by atoms with E-state index in [1.807, 2.05) is 30.9 Å². The Morgan fingerprint density at radius 1 is 1.47 bits per heavy atom. The second-order valence-electron chi connectivity index (χ2n) is 3.72. The fourth-order valence-corrected chi connectivity index (χ4v) is 2.30. The Kier molecular flexibility index (Phi) is 3.81. The summed E-state index contributed by atoms with van der Waals surface area (Å²) >= 11 is 1.33. The van der Waals surface area contributed by atoms with Gasteiger partial charge < -0.3 is 9.88 Å². The van der Waals surface area contributed by atoms with Crippen molar-refractivity contribution in [1.29, 1.82) is 0 Å². The van der Waals surface area contributed by atoms with Crippen LogP contribution in [0.25, 0.3) is 0 Å². The molecule has 90 valence electrons. The van der Waals surface area contributed by atoms with E-state index in [0.29, 0.717) is 11.4 Å². The van der Waals surface area contributed by atoms with Crippen LogP contribution in [-0.2, 0) is 13.6 Å². The number of rotatable bonds is 4. The van der Waals surface area contributed by atoms with Crippen molar-refractivity contribution in [2.24, 2.45) is 7.05 Å². The van der Waals surface area contributed by atoms with Crippen LogP contribution in [0.3, 0.4) is 0 Å². The van der Waals surface area contributed by atoms with Gasteiger partial charge in [-0.3, -0.25) is 0 Å². The monoisotopic (exact) mass is 251 g/mol. The highest BCUT2D eigenvalue weighted by molar-refractivity contribution is 7.99. The van der Waals surface area contributed by atoms with E-state index in [-0.39, 0.29) is 5.82 Å². The van der Waals surface area contributed by atoms with Crippen molar-refractivity contribution in [3.8, 4) is 0 Å². The summed E-state index contributed by atoms with van der Waals surface area (Å²) in [5.74, 6) is -0.203. The van der Waals surface area contributed by atoms with Crippen LogP contribution in [-0.4, -0.2) is 16.6 Å². The van der Waals surface area contributed by atoms with Gasteiger partial charge in [0.25, 0.3) is 0 Å². The van der Waals surface area contributed by atoms with Gasteiger partial charge in [0.2, 0.25) is 0 Å². The second kappa shape index (κ2) is 5.33.